The normalized spacial score (nSPS) is 23.3. The number of carbonyl (C=O) groups is 3. The van der Waals surface area contributed by atoms with Crippen LogP contribution in [0.25, 0.3) is 0 Å². The van der Waals surface area contributed by atoms with Gasteiger partial charge in [-0.15, -0.1) is 0 Å². The van der Waals surface area contributed by atoms with Gasteiger partial charge in [-0.1, -0.05) is 0 Å². The third kappa shape index (κ3) is 3.81. The molecule has 27 heavy (non-hydrogen) atoms. The lowest BCUT2D eigenvalue weighted by Crippen LogP contribution is -2.52. The van der Waals surface area contributed by atoms with E-state index in [1.165, 1.54) is 0 Å². The van der Waals surface area contributed by atoms with Gasteiger partial charge in [0.05, 0.1) is 0 Å². The molecule has 1 atom stereocenters. The first-order valence-electron chi connectivity index (χ1n) is 9.45. The molecular weight excluding hydrogens is 348 g/mol. The van der Waals surface area contributed by atoms with E-state index in [1.54, 1.807) is 11.0 Å². The zero-order chi connectivity index (χ0) is 18.8. The molecule has 0 saturated carbocycles. The average molecular weight is 372 g/mol. The Balaban J connectivity index is 1.37. The summed E-state index contributed by atoms with van der Waals surface area (Å²) < 4.78 is 5.87. The number of fused-ring (bicyclic) bond motifs is 1. The number of benzene rings is 1. The smallest absolute Gasteiger partial charge is 0.255 e. The van der Waals surface area contributed by atoms with Crippen LogP contribution in [-0.2, 0) is 16.1 Å². The molecule has 3 aliphatic heterocycles. The number of hydrogen-bond donors (Lipinski definition) is 2. The molecule has 0 aromatic heterocycles. The van der Waals surface area contributed by atoms with Crippen molar-refractivity contribution in [3.63, 3.8) is 0 Å². The highest BCUT2D eigenvalue weighted by Crippen LogP contribution is 2.30. The first-order valence-corrected chi connectivity index (χ1v) is 9.45. The minimum atomic E-state index is -0.584. The summed E-state index contributed by atoms with van der Waals surface area (Å²) in [4.78, 5) is 40.0. The van der Waals surface area contributed by atoms with Crippen LogP contribution in [0.5, 0.6) is 5.75 Å². The lowest BCUT2D eigenvalue weighted by Gasteiger charge is -2.29. The highest BCUT2D eigenvalue weighted by molar-refractivity contribution is 6.05. The Morgan fingerprint density at radius 1 is 1.15 bits per heavy atom. The van der Waals surface area contributed by atoms with Gasteiger partial charge >= 0.3 is 0 Å². The number of rotatable bonds is 5. The molecule has 8 heteroatoms. The Morgan fingerprint density at radius 2 is 1.96 bits per heavy atom. The predicted octanol–water partition coefficient (Wildman–Crippen LogP) is -0.268. The molecule has 1 aromatic carbocycles. The van der Waals surface area contributed by atoms with E-state index in [9.17, 15) is 14.4 Å². The lowest BCUT2D eigenvalue weighted by molar-refractivity contribution is -0.136. The SMILES string of the molecule is O=C1CCC(N2Cc3cc(OCCN4CCNCC4)ccc3C2=O)C(=O)N1. The number of amides is 3. The standard InChI is InChI=1S/C19H24N4O4/c24-17-4-3-16(18(25)21-17)23-12-13-11-14(1-2-15(13)19(23)26)27-10-9-22-7-5-20-6-8-22/h1-2,11,16,20H,3-10,12H2,(H,21,24,25). The van der Waals surface area contributed by atoms with Crippen LogP contribution in [0, 0.1) is 0 Å². The van der Waals surface area contributed by atoms with Crippen molar-refractivity contribution in [3.8, 4) is 5.75 Å². The minimum Gasteiger partial charge on any atom is -0.492 e. The zero-order valence-corrected chi connectivity index (χ0v) is 15.2. The van der Waals surface area contributed by atoms with Gasteiger partial charge in [0.1, 0.15) is 18.4 Å². The van der Waals surface area contributed by atoms with Crippen molar-refractivity contribution in [3.05, 3.63) is 29.3 Å². The van der Waals surface area contributed by atoms with E-state index >= 15 is 0 Å². The summed E-state index contributed by atoms with van der Waals surface area (Å²) in [7, 11) is 0. The molecule has 8 nitrogen and oxygen atoms in total. The van der Waals surface area contributed by atoms with Crippen molar-refractivity contribution in [2.45, 2.75) is 25.4 Å². The maximum Gasteiger partial charge on any atom is 0.255 e. The van der Waals surface area contributed by atoms with E-state index in [2.05, 4.69) is 15.5 Å². The predicted molar refractivity (Wildman–Crippen MR) is 97.3 cm³/mol. The number of nitrogens with zero attached hydrogens (tertiary/aromatic N) is 2. The monoisotopic (exact) mass is 372 g/mol. The van der Waals surface area contributed by atoms with Crippen LogP contribution in [0.15, 0.2) is 18.2 Å². The van der Waals surface area contributed by atoms with Gasteiger partial charge in [0, 0.05) is 51.3 Å². The van der Waals surface area contributed by atoms with Crippen LogP contribution < -0.4 is 15.4 Å². The van der Waals surface area contributed by atoms with Crippen LogP contribution >= 0.6 is 0 Å². The largest absolute Gasteiger partial charge is 0.492 e. The van der Waals surface area contributed by atoms with Gasteiger partial charge in [0.15, 0.2) is 0 Å². The number of imide groups is 1. The van der Waals surface area contributed by atoms with Crippen molar-refractivity contribution in [2.24, 2.45) is 0 Å². The van der Waals surface area contributed by atoms with Crippen LogP contribution in [0.1, 0.15) is 28.8 Å². The molecule has 0 spiro atoms. The summed E-state index contributed by atoms with van der Waals surface area (Å²) >= 11 is 0. The summed E-state index contributed by atoms with van der Waals surface area (Å²) in [5.74, 6) is -0.0887. The number of piperazine rings is 1. The summed E-state index contributed by atoms with van der Waals surface area (Å²) in [6.45, 7) is 5.93. The van der Waals surface area contributed by atoms with Crippen molar-refractivity contribution < 1.29 is 19.1 Å². The molecule has 0 radical (unpaired) electrons. The number of hydrogen-bond acceptors (Lipinski definition) is 6. The Bertz CT molecular complexity index is 760. The second kappa shape index (κ2) is 7.66. The van der Waals surface area contributed by atoms with Crippen molar-refractivity contribution in [2.75, 3.05) is 39.3 Å². The quantitative estimate of drug-likeness (QED) is 0.692. The Hall–Kier alpha value is -2.45. The van der Waals surface area contributed by atoms with E-state index in [1.807, 2.05) is 12.1 Å². The number of piperidine rings is 1. The average Bonchev–Trinajstić information content (AvgIpc) is 2.99. The number of nitrogens with one attached hydrogen (secondary N) is 2. The van der Waals surface area contributed by atoms with Crippen molar-refractivity contribution in [1.82, 2.24) is 20.4 Å². The Labute approximate surface area is 157 Å². The highest BCUT2D eigenvalue weighted by atomic mass is 16.5. The zero-order valence-electron chi connectivity index (χ0n) is 15.2. The molecule has 3 amide bonds. The van der Waals surface area contributed by atoms with Gasteiger partial charge in [-0.25, -0.2) is 0 Å². The summed E-state index contributed by atoms with van der Waals surface area (Å²) in [6.07, 6.45) is 0.634. The summed E-state index contributed by atoms with van der Waals surface area (Å²) in [6, 6.07) is 4.88. The summed E-state index contributed by atoms with van der Waals surface area (Å²) in [5.41, 5.74) is 1.47. The molecule has 3 aliphatic rings. The minimum absolute atomic E-state index is 0.160. The maximum atomic E-state index is 12.7. The molecule has 2 fully saturated rings. The Kier molecular flexibility index (Phi) is 5.09. The topological polar surface area (TPSA) is 91.0 Å². The third-order valence-corrected chi connectivity index (χ3v) is 5.38. The van der Waals surface area contributed by atoms with Gasteiger partial charge in [-0.3, -0.25) is 24.6 Å². The van der Waals surface area contributed by atoms with Gasteiger partial charge < -0.3 is 15.0 Å². The molecule has 2 saturated heterocycles. The van der Waals surface area contributed by atoms with Crippen LogP contribution in [-0.4, -0.2) is 72.9 Å². The molecule has 1 aromatic rings. The second-order valence-electron chi connectivity index (χ2n) is 7.16. The first-order chi connectivity index (χ1) is 13.1. The molecule has 0 aliphatic carbocycles. The van der Waals surface area contributed by atoms with Crippen LogP contribution in [0.4, 0.5) is 0 Å². The molecule has 2 N–H and O–H groups in total. The fourth-order valence-electron chi connectivity index (χ4n) is 3.87. The fourth-order valence-corrected chi connectivity index (χ4v) is 3.87. The van der Waals surface area contributed by atoms with E-state index in [-0.39, 0.29) is 24.1 Å². The first kappa shape index (κ1) is 17.9. The van der Waals surface area contributed by atoms with Gasteiger partial charge in [-0.05, 0) is 30.2 Å². The fraction of sp³-hybridized carbons (Fsp3) is 0.526. The van der Waals surface area contributed by atoms with Gasteiger partial charge in [-0.2, -0.15) is 0 Å². The van der Waals surface area contributed by atoms with E-state index < -0.39 is 6.04 Å². The van der Waals surface area contributed by atoms with Crippen molar-refractivity contribution in [1.29, 1.82) is 0 Å². The molecule has 4 rings (SSSR count). The highest BCUT2D eigenvalue weighted by Gasteiger charge is 2.39. The van der Waals surface area contributed by atoms with E-state index in [0.29, 0.717) is 25.1 Å². The summed E-state index contributed by atoms with van der Waals surface area (Å²) in [5, 5.41) is 5.64. The van der Waals surface area contributed by atoms with Gasteiger partial charge in [0.25, 0.3) is 5.91 Å². The number of carbonyl (C=O) groups excluding carboxylic acids is 3. The van der Waals surface area contributed by atoms with Gasteiger partial charge in [0.2, 0.25) is 11.8 Å². The maximum absolute atomic E-state index is 12.7. The molecular formula is C19H24N4O4. The van der Waals surface area contributed by atoms with E-state index in [0.717, 1.165) is 44.0 Å². The molecule has 1 unspecified atom stereocenters. The Morgan fingerprint density at radius 3 is 2.74 bits per heavy atom. The van der Waals surface area contributed by atoms with E-state index in [4.69, 9.17) is 4.74 Å². The molecule has 0 bridgehead atoms. The lowest BCUT2D eigenvalue weighted by atomic mass is 10.0. The van der Waals surface area contributed by atoms with Crippen LogP contribution in [0.3, 0.4) is 0 Å². The third-order valence-electron chi connectivity index (χ3n) is 5.38. The van der Waals surface area contributed by atoms with Crippen LogP contribution in [0.2, 0.25) is 0 Å². The molecule has 144 valence electrons. The second-order valence-corrected chi connectivity index (χ2v) is 7.16. The number of ether oxygens (including phenoxy) is 1. The van der Waals surface area contributed by atoms with Crippen molar-refractivity contribution >= 4 is 17.7 Å². The molecule has 3 heterocycles.